The summed E-state index contributed by atoms with van der Waals surface area (Å²) >= 11 is 0. The molecule has 0 spiro atoms. The van der Waals surface area contributed by atoms with Crippen molar-refractivity contribution in [2.24, 2.45) is 5.92 Å². The second kappa shape index (κ2) is 8.72. The molecule has 2 fully saturated rings. The van der Waals surface area contributed by atoms with Gasteiger partial charge in [-0.25, -0.2) is 9.97 Å². The lowest BCUT2D eigenvalue weighted by atomic mass is 9.83. The molecular formula is C19H30N4O2. The Hall–Kier alpha value is -1.53. The predicted molar refractivity (Wildman–Crippen MR) is 95.8 cm³/mol. The van der Waals surface area contributed by atoms with Crippen molar-refractivity contribution in [2.75, 3.05) is 26.2 Å². The van der Waals surface area contributed by atoms with Crippen LogP contribution in [0.4, 0.5) is 0 Å². The topological polar surface area (TPSA) is 69.6 Å². The van der Waals surface area contributed by atoms with E-state index in [1.165, 1.54) is 5.56 Å². The van der Waals surface area contributed by atoms with Gasteiger partial charge in [-0.2, -0.15) is 0 Å². The zero-order chi connectivity index (χ0) is 17.6. The Morgan fingerprint density at radius 3 is 2.76 bits per heavy atom. The van der Waals surface area contributed by atoms with Crippen LogP contribution in [-0.2, 0) is 17.8 Å². The quantitative estimate of drug-likeness (QED) is 0.760. The molecule has 0 aliphatic carbocycles. The zero-order valence-corrected chi connectivity index (χ0v) is 15.2. The fourth-order valence-corrected chi connectivity index (χ4v) is 4.16. The van der Waals surface area contributed by atoms with E-state index in [-0.39, 0.29) is 6.61 Å². The van der Waals surface area contributed by atoms with Crippen LogP contribution in [0.15, 0.2) is 12.4 Å². The van der Waals surface area contributed by atoms with Crippen LogP contribution in [0.1, 0.15) is 50.4 Å². The number of likely N-dealkylation sites (tertiary alicyclic amines) is 2. The number of fused-ring (bicyclic) bond motifs is 1. The van der Waals surface area contributed by atoms with Crippen LogP contribution in [0.3, 0.4) is 0 Å². The number of aliphatic hydroxyl groups excluding tert-OH is 1. The minimum atomic E-state index is 0.211. The summed E-state index contributed by atoms with van der Waals surface area (Å²) in [5.74, 6) is 1.76. The van der Waals surface area contributed by atoms with E-state index in [0.29, 0.717) is 24.3 Å². The Kier molecular flexibility index (Phi) is 6.37. The zero-order valence-electron chi connectivity index (χ0n) is 15.2. The smallest absolute Gasteiger partial charge is 0.222 e. The number of aliphatic hydroxyl groups is 1. The first-order chi connectivity index (χ1) is 12.2. The Morgan fingerprint density at radius 2 is 2.04 bits per heavy atom. The summed E-state index contributed by atoms with van der Waals surface area (Å²) < 4.78 is 0. The highest BCUT2D eigenvalue weighted by Crippen LogP contribution is 2.32. The lowest BCUT2D eigenvalue weighted by molar-refractivity contribution is -0.141. The lowest BCUT2D eigenvalue weighted by Gasteiger charge is -2.47. The molecule has 25 heavy (non-hydrogen) atoms. The first-order valence-electron chi connectivity index (χ1n) is 9.63. The Bertz CT molecular complexity index is 563. The van der Waals surface area contributed by atoms with Gasteiger partial charge in [-0.1, -0.05) is 6.92 Å². The molecule has 0 unspecified atom stereocenters. The first kappa shape index (κ1) is 18.3. The number of nitrogens with zero attached hydrogens (tertiary/aromatic N) is 4. The number of hydrogen-bond acceptors (Lipinski definition) is 5. The molecule has 2 saturated heterocycles. The number of rotatable bonds is 7. The van der Waals surface area contributed by atoms with Gasteiger partial charge in [0.25, 0.3) is 0 Å². The second-order valence-corrected chi connectivity index (χ2v) is 7.27. The highest BCUT2D eigenvalue weighted by atomic mass is 16.3. The number of amides is 1. The maximum Gasteiger partial charge on any atom is 0.222 e. The van der Waals surface area contributed by atoms with Gasteiger partial charge in [0.15, 0.2) is 0 Å². The van der Waals surface area contributed by atoms with E-state index in [0.717, 1.165) is 64.1 Å². The average molecular weight is 346 g/mol. The third-order valence-electron chi connectivity index (χ3n) is 5.52. The Balaban J connectivity index is 1.56. The van der Waals surface area contributed by atoms with E-state index in [2.05, 4.69) is 26.7 Å². The van der Waals surface area contributed by atoms with E-state index in [1.54, 1.807) is 0 Å². The van der Waals surface area contributed by atoms with Crippen molar-refractivity contribution in [3.8, 4) is 0 Å². The van der Waals surface area contributed by atoms with Crippen molar-refractivity contribution < 1.29 is 9.90 Å². The van der Waals surface area contributed by atoms with E-state index in [9.17, 15) is 4.79 Å². The highest BCUT2D eigenvalue weighted by molar-refractivity contribution is 5.77. The summed E-state index contributed by atoms with van der Waals surface area (Å²) in [7, 11) is 0. The number of aromatic nitrogens is 2. The second-order valence-electron chi connectivity index (χ2n) is 7.27. The summed E-state index contributed by atoms with van der Waals surface area (Å²) in [5, 5.41) is 8.98. The minimum Gasteiger partial charge on any atom is -0.396 e. The molecule has 2 aliphatic heterocycles. The van der Waals surface area contributed by atoms with Gasteiger partial charge in [0, 0.05) is 69.6 Å². The normalized spacial score (nSPS) is 24.4. The van der Waals surface area contributed by atoms with Crippen molar-refractivity contribution in [3.05, 3.63) is 23.8 Å². The summed E-state index contributed by atoms with van der Waals surface area (Å²) in [5.41, 5.74) is 1.17. The Labute approximate surface area is 150 Å². The van der Waals surface area contributed by atoms with Crippen LogP contribution in [0.25, 0.3) is 0 Å². The van der Waals surface area contributed by atoms with Gasteiger partial charge in [0.1, 0.15) is 5.82 Å². The van der Waals surface area contributed by atoms with Gasteiger partial charge in [0.05, 0.1) is 0 Å². The number of aryl methyl sites for hydroxylation is 1. The number of unbranched alkanes of at least 4 members (excludes halogenated alkanes) is 1. The van der Waals surface area contributed by atoms with E-state index in [1.807, 2.05) is 12.4 Å². The Morgan fingerprint density at radius 1 is 1.24 bits per heavy atom. The molecule has 2 aliphatic rings. The summed E-state index contributed by atoms with van der Waals surface area (Å²) in [6, 6.07) is 0.384. The van der Waals surface area contributed by atoms with E-state index >= 15 is 0 Å². The third kappa shape index (κ3) is 4.55. The molecule has 6 heteroatoms. The molecule has 3 heterocycles. The molecule has 1 amide bonds. The molecule has 0 saturated carbocycles. The third-order valence-corrected chi connectivity index (χ3v) is 5.52. The number of carbonyl (C=O) groups is 1. The van der Waals surface area contributed by atoms with Crippen LogP contribution in [-0.4, -0.2) is 63.1 Å². The molecule has 0 bridgehead atoms. The maximum absolute atomic E-state index is 12.3. The molecule has 3 rings (SSSR count). The largest absolute Gasteiger partial charge is 0.396 e. The van der Waals surface area contributed by atoms with Gasteiger partial charge in [-0.05, 0) is 31.6 Å². The fourth-order valence-electron chi connectivity index (χ4n) is 4.16. The molecule has 0 radical (unpaired) electrons. The van der Waals surface area contributed by atoms with Crippen LogP contribution in [0.5, 0.6) is 0 Å². The van der Waals surface area contributed by atoms with Gasteiger partial charge in [-0.3, -0.25) is 9.69 Å². The van der Waals surface area contributed by atoms with Crippen molar-refractivity contribution in [1.29, 1.82) is 0 Å². The molecule has 1 aromatic heterocycles. The first-order valence-corrected chi connectivity index (χ1v) is 9.63. The molecule has 1 aromatic rings. The monoisotopic (exact) mass is 346 g/mol. The van der Waals surface area contributed by atoms with Crippen LogP contribution >= 0.6 is 0 Å². The van der Waals surface area contributed by atoms with Crippen molar-refractivity contribution >= 4 is 5.91 Å². The number of piperidine rings is 2. The van der Waals surface area contributed by atoms with E-state index in [4.69, 9.17) is 5.11 Å². The van der Waals surface area contributed by atoms with Crippen LogP contribution < -0.4 is 0 Å². The predicted octanol–water partition coefficient (Wildman–Crippen LogP) is 1.62. The average Bonchev–Trinajstić information content (AvgIpc) is 2.64. The van der Waals surface area contributed by atoms with Crippen molar-refractivity contribution in [3.63, 3.8) is 0 Å². The fraction of sp³-hybridized carbons (Fsp3) is 0.737. The number of hydrogen-bond donors (Lipinski definition) is 1. The van der Waals surface area contributed by atoms with Crippen molar-refractivity contribution in [1.82, 2.24) is 19.8 Å². The van der Waals surface area contributed by atoms with Crippen molar-refractivity contribution in [2.45, 2.75) is 58.0 Å². The van der Waals surface area contributed by atoms with Gasteiger partial charge < -0.3 is 10.0 Å². The van der Waals surface area contributed by atoms with Gasteiger partial charge >= 0.3 is 0 Å². The number of carbonyl (C=O) groups excluding carboxylic acids is 1. The lowest BCUT2D eigenvalue weighted by Crippen LogP contribution is -2.56. The molecule has 2 atom stereocenters. The van der Waals surface area contributed by atoms with Gasteiger partial charge in [0.2, 0.25) is 5.91 Å². The molecular weight excluding hydrogens is 316 g/mol. The maximum atomic E-state index is 12.3. The SMILES string of the molecule is CCc1ncc(CN2CC[C@@H]3[C@@H](CCC(=O)N3CCCCO)C2)cn1. The standard InChI is InChI=1S/C19H30N4O2/c1-2-18-20-11-15(12-21-18)13-22-9-7-17-16(14-22)5-6-19(25)23(17)8-3-4-10-24/h11-12,16-17,24H,2-10,13-14H2,1H3/t16-,17+/m0/s1. The van der Waals surface area contributed by atoms with Gasteiger partial charge in [-0.15, -0.1) is 0 Å². The van der Waals surface area contributed by atoms with Crippen LogP contribution in [0.2, 0.25) is 0 Å². The molecule has 6 nitrogen and oxygen atoms in total. The summed E-state index contributed by atoms with van der Waals surface area (Å²) in [6.07, 6.45) is 9.16. The minimum absolute atomic E-state index is 0.211. The van der Waals surface area contributed by atoms with E-state index < -0.39 is 0 Å². The highest BCUT2D eigenvalue weighted by Gasteiger charge is 2.38. The van der Waals surface area contributed by atoms with Crippen LogP contribution in [0, 0.1) is 5.92 Å². The molecule has 138 valence electrons. The summed E-state index contributed by atoms with van der Waals surface area (Å²) in [6.45, 7) is 6.03. The molecule has 0 aromatic carbocycles. The molecule has 1 N–H and O–H groups in total. The summed E-state index contributed by atoms with van der Waals surface area (Å²) in [4.78, 5) is 25.7.